The fraction of sp³-hybridized carbons (Fsp3) is 0.302. The molecule has 0 atom stereocenters. The van der Waals surface area contributed by atoms with Crippen molar-refractivity contribution in [3.63, 3.8) is 0 Å². The quantitative estimate of drug-likeness (QED) is 0.113. The smallest absolute Gasteiger partial charge is 0.243 e. The lowest BCUT2D eigenvalue weighted by molar-refractivity contribution is 0.324. The Balaban J connectivity index is 0.000000193. The van der Waals surface area contributed by atoms with Crippen molar-refractivity contribution in [2.45, 2.75) is 22.6 Å². The number of halogens is 4. The molecular weight excluding hydrogens is 933 g/mol. The van der Waals surface area contributed by atoms with Gasteiger partial charge in [0, 0.05) is 76.0 Å². The van der Waals surface area contributed by atoms with Crippen LogP contribution in [0.25, 0.3) is 0 Å². The van der Waals surface area contributed by atoms with E-state index in [1.54, 1.807) is 27.4 Å². The predicted octanol–water partition coefficient (Wildman–Crippen LogP) is 7.59. The van der Waals surface area contributed by atoms with Crippen LogP contribution >= 0.6 is 34.3 Å². The summed E-state index contributed by atoms with van der Waals surface area (Å²) in [6.45, 7) is 3.36. The van der Waals surface area contributed by atoms with Crippen molar-refractivity contribution in [3.8, 4) is 17.2 Å². The van der Waals surface area contributed by atoms with Gasteiger partial charge in [-0.2, -0.15) is 8.61 Å². The Hall–Kier alpha value is -4.96. The zero-order chi connectivity index (χ0) is 45.6. The molecule has 2 fully saturated rings. The molecule has 0 unspecified atom stereocenters. The minimum atomic E-state index is -3.65. The van der Waals surface area contributed by atoms with Gasteiger partial charge in [0.05, 0.1) is 47.5 Å². The number of rotatable bonds is 13. The molecule has 0 amide bonds. The van der Waals surface area contributed by atoms with E-state index in [1.165, 1.54) is 67.7 Å². The fourth-order valence-electron chi connectivity index (χ4n) is 7.10. The fourth-order valence-corrected chi connectivity index (χ4v) is 11.8. The van der Waals surface area contributed by atoms with Crippen molar-refractivity contribution >= 4 is 64.6 Å². The highest BCUT2D eigenvalue weighted by atomic mass is 35.5. The summed E-state index contributed by atoms with van der Waals surface area (Å²) in [6, 6.07) is 18.3. The van der Waals surface area contributed by atoms with Gasteiger partial charge in [-0.05, 0) is 83.9 Å². The highest BCUT2D eigenvalue weighted by Gasteiger charge is 2.31. The lowest BCUT2D eigenvalue weighted by Crippen LogP contribution is -2.48. The Morgan fingerprint density at radius 2 is 1.00 bits per heavy atom. The van der Waals surface area contributed by atoms with Gasteiger partial charge < -0.3 is 24.0 Å². The van der Waals surface area contributed by atoms with E-state index < -0.39 is 37.5 Å². The van der Waals surface area contributed by atoms with E-state index in [4.69, 9.17) is 30.8 Å². The third kappa shape index (κ3) is 10.9. The second kappa shape index (κ2) is 20.5. The Morgan fingerprint density at radius 1 is 0.578 bits per heavy atom. The van der Waals surface area contributed by atoms with E-state index in [2.05, 4.69) is 9.88 Å². The number of anilines is 2. The zero-order valence-corrected chi connectivity index (χ0v) is 38.9. The predicted molar refractivity (Wildman–Crippen MR) is 242 cm³/mol. The number of aromatic nitrogens is 2. The van der Waals surface area contributed by atoms with Gasteiger partial charge in [0.15, 0.2) is 21.8 Å². The SMILES string of the molecule is COc1cc(Cc2csc(N3CCN(S(=O)(=O)c4ccc(F)cc4)CC3)n2)cc(OC)c1OC.O=S(=O)(c1ccc(F)cc1)N1CCN(c2nc(Cc3ccc(Cl)c(F)c3)cs2)CC1. The summed E-state index contributed by atoms with van der Waals surface area (Å²) in [7, 11) is -2.57. The number of sulfonamides is 2. The molecule has 21 heteroatoms. The minimum absolute atomic E-state index is 0.0871. The van der Waals surface area contributed by atoms with Gasteiger partial charge in [0.2, 0.25) is 25.8 Å². The van der Waals surface area contributed by atoms with Gasteiger partial charge in [0.1, 0.15) is 17.5 Å². The summed E-state index contributed by atoms with van der Waals surface area (Å²) in [6.07, 6.45) is 1.08. The second-order valence-corrected chi connectivity index (χ2v) is 20.5. The van der Waals surface area contributed by atoms with Gasteiger partial charge in [0.25, 0.3) is 0 Å². The average molecular weight is 978 g/mol. The molecule has 13 nitrogen and oxygen atoms in total. The van der Waals surface area contributed by atoms with Gasteiger partial charge in [-0.3, -0.25) is 0 Å². The highest BCUT2D eigenvalue weighted by molar-refractivity contribution is 7.89. The molecular formula is C43H44ClF3N6O7S4. The molecule has 2 aliphatic rings. The topological polar surface area (TPSA) is 135 Å². The van der Waals surface area contributed by atoms with Crippen molar-refractivity contribution in [1.82, 2.24) is 18.6 Å². The van der Waals surface area contributed by atoms with Crippen LogP contribution in [0.5, 0.6) is 17.2 Å². The molecule has 0 spiro atoms. The third-order valence-electron chi connectivity index (χ3n) is 10.5. The molecule has 340 valence electrons. The van der Waals surface area contributed by atoms with E-state index >= 15 is 0 Å². The largest absolute Gasteiger partial charge is 0.493 e. The molecule has 0 aliphatic carbocycles. The maximum Gasteiger partial charge on any atom is 0.243 e. The van der Waals surface area contributed by atoms with Gasteiger partial charge in [-0.1, -0.05) is 17.7 Å². The first-order chi connectivity index (χ1) is 30.7. The number of thiazole rings is 2. The Kier molecular flexibility index (Phi) is 15.0. The summed E-state index contributed by atoms with van der Waals surface area (Å²) in [5.41, 5.74) is 3.47. The van der Waals surface area contributed by atoms with E-state index in [-0.39, 0.29) is 14.8 Å². The standard InChI is InChI=1S/C23H26FN3O5S2.C20H18ClF2N3O2S2/c1-30-20-13-16(14-21(31-2)22(20)32-3)12-18-15-33-23(25-18)26-8-10-27(11-9-26)34(28,29)19-6-4-17(24)5-7-19;21-18-6-1-14(12-19(18)23)11-16-13-29-20(24-16)25-7-9-26(10-8-25)30(27,28)17-4-2-15(22)3-5-17/h4-7,13-15H,8-12H2,1-3H3;1-6,12-13H,7-11H2. The van der Waals surface area contributed by atoms with Gasteiger partial charge in [-0.15, -0.1) is 22.7 Å². The first-order valence-electron chi connectivity index (χ1n) is 19.8. The van der Waals surface area contributed by atoms with E-state index in [0.29, 0.717) is 82.4 Å². The van der Waals surface area contributed by atoms with E-state index in [9.17, 15) is 30.0 Å². The molecule has 0 bridgehead atoms. The van der Waals surface area contributed by atoms with Crippen LogP contribution in [0.15, 0.2) is 99.4 Å². The number of benzene rings is 4. The Labute approximate surface area is 383 Å². The molecule has 2 saturated heterocycles. The van der Waals surface area contributed by atoms with Gasteiger partial charge in [-0.25, -0.2) is 40.0 Å². The molecule has 4 heterocycles. The van der Waals surface area contributed by atoms with Crippen LogP contribution in [-0.2, 0) is 32.9 Å². The van der Waals surface area contributed by atoms with Crippen molar-refractivity contribution in [2.24, 2.45) is 0 Å². The summed E-state index contributed by atoms with van der Waals surface area (Å²) < 4.78 is 110. The normalized spacial score (nSPS) is 15.1. The monoisotopic (exact) mass is 976 g/mol. The van der Waals surface area contributed by atoms with Crippen molar-refractivity contribution in [1.29, 1.82) is 0 Å². The van der Waals surface area contributed by atoms with Crippen LogP contribution in [0, 0.1) is 17.5 Å². The molecule has 8 rings (SSSR count). The summed E-state index contributed by atoms with van der Waals surface area (Å²) in [5, 5.41) is 5.66. The minimum Gasteiger partial charge on any atom is -0.493 e. The average Bonchev–Trinajstić information content (AvgIpc) is 3.98. The maximum atomic E-state index is 13.6. The number of methoxy groups -OCH3 is 3. The van der Waals surface area contributed by atoms with Crippen LogP contribution in [0.3, 0.4) is 0 Å². The lowest BCUT2D eigenvalue weighted by atomic mass is 10.1. The molecule has 2 aromatic heterocycles. The van der Waals surface area contributed by atoms with Crippen LogP contribution in [0.2, 0.25) is 5.02 Å². The van der Waals surface area contributed by atoms with Crippen molar-refractivity contribution in [2.75, 3.05) is 83.5 Å². The third-order valence-corrected chi connectivity index (χ3v) is 16.5. The van der Waals surface area contributed by atoms with Crippen molar-refractivity contribution in [3.05, 3.63) is 135 Å². The zero-order valence-electron chi connectivity index (χ0n) is 34.9. The second-order valence-electron chi connectivity index (χ2n) is 14.6. The molecule has 6 aromatic rings. The first-order valence-corrected chi connectivity index (χ1v) is 24.8. The number of ether oxygens (including phenoxy) is 3. The highest BCUT2D eigenvalue weighted by Crippen LogP contribution is 2.39. The lowest BCUT2D eigenvalue weighted by Gasteiger charge is -2.33. The molecule has 4 aromatic carbocycles. The summed E-state index contributed by atoms with van der Waals surface area (Å²) in [4.78, 5) is 13.7. The van der Waals surface area contributed by atoms with Gasteiger partial charge >= 0.3 is 0 Å². The molecule has 64 heavy (non-hydrogen) atoms. The molecule has 0 radical (unpaired) electrons. The van der Waals surface area contributed by atoms with Crippen LogP contribution in [0.1, 0.15) is 22.5 Å². The van der Waals surface area contributed by atoms with Crippen LogP contribution < -0.4 is 24.0 Å². The molecule has 0 saturated carbocycles. The molecule has 0 N–H and O–H groups in total. The summed E-state index contributed by atoms with van der Waals surface area (Å²) in [5.74, 6) is 0.329. The Morgan fingerprint density at radius 3 is 1.39 bits per heavy atom. The van der Waals surface area contributed by atoms with E-state index in [1.807, 2.05) is 27.8 Å². The first kappa shape index (κ1) is 47.0. The maximum absolute atomic E-state index is 13.6. The number of hydrogen-bond acceptors (Lipinski definition) is 13. The van der Waals surface area contributed by atoms with E-state index in [0.717, 1.165) is 57.0 Å². The van der Waals surface area contributed by atoms with Crippen molar-refractivity contribution < 1.29 is 44.2 Å². The number of nitrogens with zero attached hydrogens (tertiary/aromatic N) is 6. The number of hydrogen-bond donors (Lipinski definition) is 0. The Bertz CT molecular complexity index is 2740. The summed E-state index contributed by atoms with van der Waals surface area (Å²) >= 11 is 8.72. The van der Waals surface area contributed by atoms with Crippen LogP contribution in [0.4, 0.5) is 23.4 Å². The van der Waals surface area contributed by atoms with Crippen LogP contribution in [-0.4, -0.2) is 109 Å². The molecule has 2 aliphatic heterocycles. The number of piperazine rings is 2.